The molecule has 0 amide bonds. The van der Waals surface area contributed by atoms with E-state index in [1.807, 2.05) is 0 Å². The molecule has 2 aromatic carbocycles. The first-order valence-corrected chi connectivity index (χ1v) is 9.44. The molecule has 7 nitrogen and oxygen atoms in total. The molecule has 1 aliphatic heterocycles. The van der Waals surface area contributed by atoms with Gasteiger partial charge in [0.15, 0.2) is 11.5 Å². The van der Waals surface area contributed by atoms with E-state index in [9.17, 15) is 19.7 Å². The number of benzene rings is 2. The van der Waals surface area contributed by atoms with Crippen LogP contribution in [0.3, 0.4) is 0 Å². The number of halogens is 1. The molecular weight excluding hydrogens is 395 g/mol. The van der Waals surface area contributed by atoms with Crippen LogP contribution < -0.4 is 14.2 Å². The van der Waals surface area contributed by atoms with Gasteiger partial charge in [0.2, 0.25) is 6.29 Å². The number of aliphatic hydroxyl groups excluding tert-OH is 3. The van der Waals surface area contributed by atoms with Gasteiger partial charge in [-0.05, 0) is 23.8 Å². The zero-order valence-corrected chi connectivity index (χ0v) is 16.7. The maximum Gasteiger partial charge on any atom is 0.229 e. The van der Waals surface area contributed by atoms with Crippen LogP contribution >= 0.6 is 0 Å². The Kier molecular flexibility index (Phi) is 7.28. The number of aliphatic hydroxyl groups is 3. The Hall–Kier alpha value is -2.65. The van der Waals surface area contributed by atoms with Crippen LogP contribution in [0.15, 0.2) is 36.4 Å². The highest BCUT2D eigenvalue weighted by molar-refractivity contribution is 5.75. The van der Waals surface area contributed by atoms with Gasteiger partial charge >= 0.3 is 0 Å². The highest BCUT2D eigenvalue weighted by Gasteiger charge is 2.38. The van der Waals surface area contributed by atoms with Crippen molar-refractivity contribution in [1.82, 2.24) is 0 Å². The molecule has 30 heavy (non-hydrogen) atoms. The lowest BCUT2D eigenvalue weighted by Gasteiger charge is -2.36. The van der Waals surface area contributed by atoms with Gasteiger partial charge < -0.3 is 34.3 Å². The molecule has 8 heteroatoms. The van der Waals surface area contributed by atoms with Crippen LogP contribution in [0.5, 0.6) is 17.2 Å². The monoisotopic (exact) mass is 420 g/mol. The first-order valence-electron chi connectivity index (χ1n) is 9.44. The summed E-state index contributed by atoms with van der Waals surface area (Å²) in [7, 11) is 2.97. The standard InChI is InChI=1S/C22H25FO7/c1-27-16-9-14(6-3-13-4-7-15(23)8-5-13)21(19(11-16)28-2)30-22-20(26)18(25)10-17(12-24)29-22/h3-9,11,17-18,20,22,24-26H,10,12H2,1-2H3/b6-3+/t17-,18?,20+,22-/m0/s1. The molecule has 0 aromatic heterocycles. The predicted octanol–water partition coefficient (Wildman–Crippen LogP) is 2.22. The normalized spacial score (nSPS) is 24.1. The van der Waals surface area contributed by atoms with Crippen LogP contribution in [0, 0.1) is 5.82 Å². The maximum absolute atomic E-state index is 13.1. The molecule has 0 saturated carbocycles. The van der Waals surface area contributed by atoms with E-state index >= 15 is 0 Å². The summed E-state index contributed by atoms with van der Waals surface area (Å²) in [4.78, 5) is 0. The summed E-state index contributed by atoms with van der Waals surface area (Å²) < 4.78 is 35.3. The minimum atomic E-state index is -1.31. The van der Waals surface area contributed by atoms with Crippen LogP contribution in [0.4, 0.5) is 4.39 Å². The second-order valence-corrected chi connectivity index (χ2v) is 6.85. The van der Waals surface area contributed by atoms with Crippen molar-refractivity contribution in [1.29, 1.82) is 0 Å². The summed E-state index contributed by atoms with van der Waals surface area (Å²) in [6, 6.07) is 9.27. The molecule has 1 saturated heterocycles. The summed E-state index contributed by atoms with van der Waals surface area (Å²) in [6.45, 7) is -0.319. The zero-order valence-electron chi connectivity index (χ0n) is 16.7. The molecule has 4 atom stereocenters. The molecule has 0 spiro atoms. The third kappa shape index (κ3) is 5.09. The van der Waals surface area contributed by atoms with Crippen molar-refractivity contribution in [3.8, 4) is 17.2 Å². The highest BCUT2D eigenvalue weighted by Crippen LogP contribution is 2.39. The van der Waals surface area contributed by atoms with Gasteiger partial charge in [0.1, 0.15) is 17.7 Å². The van der Waals surface area contributed by atoms with Crippen molar-refractivity contribution >= 4 is 12.2 Å². The Labute approximate surface area is 173 Å². The molecule has 0 bridgehead atoms. The van der Waals surface area contributed by atoms with Gasteiger partial charge in [0.25, 0.3) is 0 Å². The highest BCUT2D eigenvalue weighted by atomic mass is 19.1. The van der Waals surface area contributed by atoms with E-state index in [0.717, 1.165) is 5.56 Å². The lowest BCUT2D eigenvalue weighted by atomic mass is 10.0. The van der Waals surface area contributed by atoms with Crippen LogP contribution in [0.25, 0.3) is 12.2 Å². The maximum atomic E-state index is 13.1. The smallest absolute Gasteiger partial charge is 0.229 e. The molecule has 162 valence electrons. The van der Waals surface area contributed by atoms with E-state index in [4.69, 9.17) is 18.9 Å². The Morgan fingerprint density at radius 1 is 1.10 bits per heavy atom. The van der Waals surface area contributed by atoms with E-state index in [1.54, 1.807) is 36.4 Å². The van der Waals surface area contributed by atoms with Crippen molar-refractivity contribution < 1.29 is 38.7 Å². The van der Waals surface area contributed by atoms with Crippen LogP contribution in [0.1, 0.15) is 17.5 Å². The second kappa shape index (κ2) is 9.90. The number of hydrogen-bond donors (Lipinski definition) is 3. The first kappa shape index (κ1) is 22.0. The third-order valence-corrected chi connectivity index (χ3v) is 4.78. The third-order valence-electron chi connectivity index (χ3n) is 4.78. The quantitative estimate of drug-likeness (QED) is 0.591. The Balaban J connectivity index is 1.96. The average Bonchev–Trinajstić information content (AvgIpc) is 2.76. The average molecular weight is 420 g/mol. The molecular formula is C22H25FO7. The lowest BCUT2D eigenvalue weighted by molar-refractivity contribution is -0.241. The molecule has 2 aromatic rings. The summed E-state index contributed by atoms with van der Waals surface area (Å²) in [5, 5.41) is 29.7. The van der Waals surface area contributed by atoms with Crippen molar-refractivity contribution in [2.45, 2.75) is 31.0 Å². The van der Waals surface area contributed by atoms with Crippen molar-refractivity contribution in [2.75, 3.05) is 20.8 Å². The van der Waals surface area contributed by atoms with Gasteiger partial charge in [0.05, 0.1) is 33.0 Å². The molecule has 0 radical (unpaired) electrons. The molecule has 1 fully saturated rings. The minimum Gasteiger partial charge on any atom is -0.497 e. The second-order valence-electron chi connectivity index (χ2n) is 6.85. The van der Waals surface area contributed by atoms with Gasteiger partial charge in [-0.3, -0.25) is 0 Å². The Morgan fingerprint density at radius 3 is 2.47 bits per heavy atom. The summed E-state index contributed by atoms with van der Waals surface area (Å²) >= 11 is 0. The molecule has 0 aliphatic carbocycles. The van der Waals surface area contributed by atoms with E-state index in [1.165, 1.54) is 26.4 Å². The number of methoxy groups -OCH3 is 2. The van der Waals surface area contributed by atoms with E-state index in [2.05, 4.69) is 0 Å². The van der Waals surface area contributed by atoms with Gasteiger partial charge in [0, 0.05) is 18.1 Å². The number of ether oxygens (including phenoxy) is 4. The van der Waals surface area contributed by atoms with E-state index in [0.29, 0.717) is 17.1 Å². The first-order chi connectivity index (χ1) is 14.4. The van der Waals surface area contributed by atoms with E-state index < -0.39 is 24.6 Å². The molecule has 1 unspecified atom stereocenters. The van der Waals surface area contributed by atoms with E-state index in [-0.39, 0.29) is 24.6 Å². The fourth-order valence-corrected chi connectivity index (χ4v) is 3.12. The summed E-state index contributed by atoms with van der Waals surface area (Å²) in [6.07, 6.45) is -0.736. The molecule has 1 aliphatic rings. The van der Waals surface area contributed by atoms with Crippen LogP contribution in [-0.2, 0) is 4.74 Å². The van der Waals surface area contributed by atoms with Crippen LogP contribution in [0.2, 0.25) is 0 Å². The van der Waals surface area contributed by atoms with Crippen molar-refractivity contribution in [3.63, 3.8) is 0 Å². The fraction of sp³-hybridized carbons (Fsp3) is 0.364. The van der Waals surface area contributed by atoms with Crippen LogP contribution in [-0.4, -0.2) is 60.7 Å². The largest absolute Gasteiger partial charge is 0.497 e. The fourth-order valence-electron chi connectivity index (χ4n) is 3.12. The summed E-state index contributed by atoms with van der Waals surface area (Å²) in [5.41, 5.74) is 1.31. The summed E-state index contributed by atoms with van der Waals surface area (Å²) in [5.74, 6) is 0.756. The predicted molar refractivity (Wildman–Crippen MR) is 108 cm³/mol. The molecule has 3 N–H and O–H groups in total. The minimum absolute atomic E-state index is 0.0919. The number of hydrogen-bond acceptors (Lipinski definition) is 7. The van der Waals surface area contributed by atoms with Crippen molar-refractivity contribution in [3.05, 3.63) is 53.3 Å². The molecule has 3 rings (SSSR count). The van der Waals surface area contributed by atoms with Gasteiger partial charge in [-0.2, -0.15) is 0 Å². The zero-order chi connectivity index (χ0) is 21.7. The van der Waals surface area contributed by atoms with Gasteiger partial charge in [-0.1, -0.05) is 24.3 Å². The topological polar surface area (TPSA) is 97.6 Å². The lowest BCUT2D eigenvalue weighted by Crippen LogP contribution is -2.51. The Morgan fingerprint density at radius 2 is 1.83 bits per heavy atom. The molecule has 1 heterocycles. The van der Waals surface area contributed by atoms with Gasteiger partial charge in [-0.25, -0.2) is 4.39 Å². The number of rotatable bonds is 7. The van der Waals surface area contributed by atoms with Crippen molar-refractivity contribution in [2.24, 2.45) is 0 Å². The van der Waals surface area contributed by atoms with Gasteiger partial charge in [-0.15, -0.1) is 0 Å². The SMILES string of the molecule is COc1cc(/C=C/c2ccc(F)cc2)c(O[C@@H]2O[C@H](CO)CC(O)[C@H]2O)c(OC)c1. The Bertz CT molecular complexity index is 869.